The molecule has 0 fully saturated rings. The molecule has 2 nitrogen and oxygen atoms in total. The van der Waals surface area contributed by atoms with Gasteiger partial charge in [0.25, 0.3) is 0 Å². The third-order valence-electron chi connectivity index (χ3n) is 2.71. The van der Waals surface area contributed by atoms with E-state index < -0.39 is 0 Å². The Bertz CT molecular complexity index is 278. The van der Waals surface area contributed by atoms with E-state index in [-0.39, 0.29) is 6.10 Å². The minimum absolute atomic E-state index is 0.166. The lowest BCUT2D eigenvalue weighted by Crippen LogP contribution is -2.26. The third-order valence-corrected chi connectivity index (χ3v) is 2.71. The van der Waals surface area contributed by atoms with Gasteiger partial charge in [-0.2, -0.15) is 0 Å². The molecule has 0 aromatic rings. The van der Waals surface area contributed by atoms with E-state index in [0.29, 0.717) is 0 Å². The van der Waals surface area contributed by atoms with Crippen LogP contribution in [0.25, 0.3) is 0 Å². The van der Waals surface area contributed by atoms with Gasteiger partial charge >= 0.3 is 0 Å². The number of likely N-dealkylation sites (N-methyl/N-ethyl adjacent to an activating group) is 1. The second kappa shape index (κ2) is 7.29. The summed E-state index contributed by atoms with van der Waals surface area (Å²) in [6, 6.07) is 0. The average molecular weight is 221 g/mol. The van der Waals surface area contributed by atoms with Crippen LogP contribution < -0.4 is 0 Å². The summed E-state index contributed by atoms with van der Waals surface area (Å²) in [6.07, 6.45) is 12.9. The summed E-state index contributed by atoms with van der Waals surface area (Å²) >= 11 is 0. The molecule has 0 amide bonds. The van der Waals surface area contributed by atoms with Gasteiger partial charge in [-0.25, -0.2) is 0 Å². The van der Waals surface area contributed by atoms with Crippen LogP contribution in [0.1, 0.15) is 33.6 Å². The van der Waals surface area contributed by atoms with Crippen LogP contribution in [-0.4, -0.2) is 24.2 Å². The molecule has 1 aliphatic heterocycles. The van der Waals surface area contributed by atoms with Crippen LogP contribution in [0.2, 0.25) is 0 Å². The van der Waals surface area contributed by atoms with Gasteiger partial charge in [-0.05, 0) is 32.4 Å². The van der Waals surface area contributed by atoms with Gasteiger partial charge in [0.2, 0.25) is 0 Å². The number of ether oxygens (including phenoxy) is 1. The fraction of sp³-hybridized carbons (Fsp3) is 0.571. The van der Waals surface area contributed by atoms with Crippen LogP contribution in [0.4, 0.5) is 0 Å². The quantitative estimate of drug-likeness (QED) is 0.637. The molecular formula is C14H23NO. The molecule has 0 aromatic carbocycles. The molecule has 0 aliphatic carbocycles. The van der Waals surface area contributed by atoms with Gasteiger partial charge in [-0.3, -0.25) is 0 Å². The van der Waals surface area contributed by atoms with Crippen molar-refractivity contribution in [2.45, 2.75) is 39.7 Å². The molecule has 1 aliphatic rings. The summed E-state index contributed by atoms with van der Waals surface area (Å²) in [5.74, 6) is 0. The van der Waals surface area contributed by atoms with E-state index in [0.717, 1.165) is 19.6 Å². The highest BCUT2D eigenvalue weighted by Gasteiger charge is 2.13. The molecule has 0 spiro atoms. The van der Waals surface area contributed by atoms with Crippen molar-refractivity contribution < 1.29 is 4.74 Å². The average Bonchev–Trinajstić information content (AvgIpc) is 2.54. The molecule has 0 aromatic heterocycles. The van der Waals surface area contributed by atoms with Gasteiger partial charge in [0.15, 0.2) is 0 Å². The van der Waals surface area contributed by atoms with Gasteiger partial charge < -0.3 is 9.64 Å². The molecule has 16 heavy (non-hydrogen) atoms. The Hall–Kier alpha value is -1.02. The third kappa shape index (κ3) is 3.86. The van der Waals surface area contributed by atoms with Crippen LogP contribution in [-0.2, 0) is 4.74 Å². The summed E-state index contributed by atoms with van der Waals surface area (Å²) in [6.45, 7) is 8.29. The summed E-state index contributed by atoms with van der Waals surface area (Å²) in [5.41, 5.74) is 1.24. The first-order valence-electron chi connectivity index (χ1n) is 6.22. The normalized spacial score (nSPS) is 17.2. The Morgan fingerprint density at radius 3 is 2.75 bits per heavy atom. The predicted molar refractivity (Wildman–Crippen MR) is 69.1 cm³/mol. The van der Waals surface area contributed by atoms with Crippen molar-refractivity contribution in [2.75, 3.05) is 13.2 Å². The number of allylic oxidation sites excluding steroid dienone is 4. The van der Waals surface area contributed by atoms with E-state index in [9.17, 15) is 0 Å². The van der Waals surface area contributed by atoms with Crippen LogP contribution in [0.15, 0.2) is 36.2 Å². The van der Waals surface area contributed by atoms with Crippen molar-refractivity contribution in [1.29, 1.82) is 0 Å². The van der Waals surface area contributed by atoms with Crippen molar-refractivity contribution >= 4 is 0 Å². The summed E-state index contributed by atoms with van der Waals surface area (Å²) in [7, 11) is 0. The summed E-state index contributed by atoms with van der Waals surface area (Å²) < 4.78 is 5.83. The topological polar surface area (TPSA) is 12.5 Å². The highest BCUT2D eigenvalue weighted by Crippen LogP contribution is 2.16. The number of nitrogens with zero attached hydrogens (tertiary/aromatic N) is 1. The molecule has 1 atom stereocenters. The highest BCUT2D eigenvalue weighted by atomic mass is 16.5. The van der Waals surface area contributed by atoms with Crippen molar-refractivity contribution in [2.24, 2.45) is 0 Å². The highest BCUT2D eigenvalue weighted by molar-refractivity contribution is 5.23. The fourth-order valence-electron chi connectivity index (χ4n) is 1.70. The molecule has 90 valence electrons. The molecule has 1 unspecified atom stereocenters. The lowest BCUT2D eigenvalue weighted by Gasteiger charge is -2.26. The van der Waals surface area contributed by atoms with E-state index in [4.69, 9.17) is 4.74 Å². The largest absolute Gasteiger partial charge is 0.372 e. The van der Waals surface area contributed by atoms with Crippen LogP contribution in [0.3, 0.4) is 0 Å². The monoisotopic (exact) mass is 221 g/mol. The predicted octanol–water partition coefficient (Wildman–Crippen LogP) is 3.48. The summed E-state index contributed by atoms with van der Waals surface area (Å²) in [5, 5.41) is 0. The minimum Gasteiger partial charge on any atom is -0.372 e. The molecule has 1 heterocycles. The van der Waals surface area contributed by atoms with Gasteiger partial charge in [-0.1, -0.05) is 25.5 Å². The number of unbranched alkanes of at least 4 members (excludes halogenated alkanes) is 1. The Labute approximate surface area is 99.3 Å². The second-order valence-electron chi connectivity index (χ2n) is 3.97. The lowest BCUT2D eigenvalue weighted by molar-refractivity contribution is 0.0726. The second-order valence-corrected chi connectivity index (χ2v) is 3.97. The number of hydrogen-bond donors (Lipinski definition) is 0. The summed E-state index contributed by atoms with van der Waals surface area (Å²) in [4.78, 5) is 2.23. The Kier molecular flexibility index (Phi) is 5.94. The molecule has 0 saturated heterocycles. The van der Waals surface area contributed by atoms with E-state index in [1.54, 1.807) is 0 Å². The van der Waals surface area contributed by atoms with E-state index >= 15 is 0 Å². The van der Waals surface area contributed by atoms with Gasteiger partial charge in [0.1, 0.15) is 0 Å². The molecule has 0 saturated carbocycles. The van der Waals surface area contributed by atoms with E-state index in [1.165, 1.54) is 12.1 Å². The minimum atomic E-state index is 0.166. The maximum absolute atomic E-state index is 5.83. The van der Waals surface area contributed by atoms with Crippen LogP contribution in [0.5, 0.6) is 0 Å². The van der Waals surface area contributed by atoms with Crippen molar-refractivity contribution in [3.8, 4) is 0 Å². The Morgan fingerprint density at radius 1 is 1.25 bits per heavy atom. The maximum atomic E-state index is 5.83. The Balaban J connectivity index is 2.57. The van der Waals surface area contributed by atoms with Gasteiger partial charge in [-0.15, -0.1) is 0 Å². The molecule has 0 N–H and O–H groups in total. The number of hydrogen-bond acceptors (Lipinski definition) is 2. The maximum Gasteiger partial charge on any atom is 0.0946 e. The first-order chi connectivity index (χ1) is 7.79. The van der Waals surface area contributed by atoms with Gasteiger partial charge in [0.05, 0.1) is 6.10 Å². The molecular weight excluding hydrogens is 198 g/mol. The van der Waals surface area contributed by atoms with Crippen molar-refractivity contribution in [3.05, 3.63) is 36.2 Å². The molecule has 0 bridgehead atoms. The number of rotatable bonds is 6. The van der Waals surface area contributed by atoms with Crippen LogP contribution >= 0.6 is 0 Å². The zero-order chi connectivity index (χ0) is 11.8. The van der Waals surface area contributed by atoms with E-state index in [2.05, 4.69) is 56.2 Å². The SMILES string of the molecule is CCCCOC(C)C1=CC=CC=CN1CC. The first kappa shape index (κ1) is 13.0. The Morgan fingerprint density at radius 2 is 2.06 bits per heavy atom. The standard InChI is InChI=1S/C14H23NO/c1-4-6-12-16-13(3)14-10-8-7-9-11-15(14)5-2/h7-11,13H,4-6,12H2,1-3H3. The molecule has 2 heteroatoms. The van der Waals surface area contributed by atoms with Crippen LogP contribution in [0, 0.1) is 0 Å². The van der Waals surface area contributed by atoms with Crippen molar-refractivity contribution in [3.63, 3.8) is 0 Å². The fourth-order valence-corrected chi connectivity index (χ4v) is 1.70. The smallest absolute Gasteiger partial charge is 0.0946 e. The van der Waals surface area contributed by atoms with Crippen molar-refractivity contribution in [1.82, 2.24) is 4.90 Å². The zero-order valence-electron chi connectivity index (χ0n) is 10.6. The molecule has 0 radical (unpaired) electrons. The molecule has 1 rings (SSSR count). The lowest BCUT2D eigenvalue weighted by atomic mass is 10.2. The first-order valence-corrected chi connectivity index (χ1v) is 6.22. The zero-order valence-corrected chi connectivity index (χ0v) is 10.6. The van der Waals surface area contributed by atoms with Gasteiger partial charge in [0, 0.05) is 25.0 Å². The van der Waals surface area contributed by atoms with E-state index in [1.807, 2.05) is 0 Å².